The van der Waals surface area contributed by atoms with Crippen LogP contribution in [0.4, 0.5) is 5.82 Å². The number of hydrogen-bond acceptors (Lipinski definition) is 4. The summed E-state index contributed by atoms with van der Waals surface area (Å²) in [6, 6.07) is 4.02. The maximum absolute atomic E-state index is 5.99. The molecule has 1 aliphatic rings. The molecule has 1 fully saturated rings. The standard InChI is InChI=1S/C14H16ClN3S/c1-2-5-16-13-7-11(9-3-4-9)17-14(18-13)12-6-10(15)8-19-12/h6-9H,2-5H2,1H3,(H,16,17,18). The zero-order valence-corrected chi connectivity index (χ0v) is 12.4. The van der Waals surface area contributed by atoms with Crippen molar-refractivity contribution < 1.29 is 0 Å². The van der Waals surface area contributed by atoms with E-state index in [1.165, 1.54) is 12.8 Å². The van der Waals surface area contributed by atoms with E-state index >= 15 is 0 Å². The molecular weight excluding hydrogens is 278 g/mol. The fourth-order valence-corrected chi connectivity index (χ4v) is 2.95. The largest absolute Gasteiger partial charge is 0.370 e. The Morgan fingerprint density at radius 1 is 1.37 bits per heavy atom. The molecule has 2 aromatic rings. The monoisotopic (exact) mass is 293 g/mol. The van der Waals surface area contributed by atoms with E-state index in [1.54, 1.807) is 11.3 Å². The van der Waals surface area contributed by atoms with Gasteiger partial charge in [0.15, 0.2) is 5.82 Å². The summed E-state index contributed by atoms with van der Waals surface area (Å²) >= 11 is 7.58. The van der Waals surface area contributed by atoms with Gasteiger partial charge in [-0.1, -0.05) is 18.5 Å². The summed E-state index contributed by atoms with van der Waals surface area (Å²) in [7, 11) is 0. The van der Waals surface area contributed by atoms with E-state index in [1.807, 2.05) is 11.4 Å². The quantitative estimate of drug-likeness (QED) is 0.878. The Kier molecular flexibility index (Phi) is 3.71. The Morgan fingerprint density at radius 2 is 2.21 bits per heavy atom. The number of halogens is 1. The molecule has 0 bridgehead atoms. The zero-order valence-electron chi connectivity index (χ0n) is 10.8. The highest BCUT2D eigenvalue weighted by Crippen LogP contribution is 2.40. The second-order valence-corrected chi connectivity index (χ2v) is 6.18. The molecule has 1 saturated carbocycles. The number of aromatic nitrogens is 2. The number of anilines is 1. The van der Waals surface area contributed by atoms with Crippen molar-refractivity contribution >= 4 is 28.8 Å². The van der Waals surface area contributed by atoms with E-state index < -0.39 is 0 Å². The fraction of sp³-hybridized carbons (Fsp3) is 0.429. The Morgan fingerprint density at radius 3 is 2.84 bits per heavy atom. The SMILES string of the molecule is CCCNc1cc(C2CC2)nc(-c2cc(Cl)cs2)n1. The molecule has 19 heavy (non-hydrogen) atoms. The van der Waals surface area contributed by atoms with Crippen molar-refractivity contribution in [3.63, 3.8) is 0 Å². The lowest BCUT2D eigenvalue weighted by Crippen LogP contribution is -2.05. The minimum atomic E-state index is 0.624. The van der Waals surface area contributed by atoms with Crippen molar-refractivity contribution in [1.82, 2.24) is 9.97 Å². The first-order valence-electron chi connectivity index (χ1n) is 6.63. The molecule has 0 saturated heterocycles. The summed E-state index contributed by atoms with van der Waals surface area (Å²) in [5.41, 5.74) is 1.16. The molecule has 0 radical (unpaired) electrons. The summed E-state index contributed by atoms with van der Waals surface area (Å²) in [6.07, 6.45) is 3.58. The average Bonchev–Trinajstić information content (AvgIpc) is 3.18. The molecule has 100 valence electrons. The van der Waals surface area contributed by atoms with Crippen LogP contribution in [0.1, 0.15) is 37.8 Å². The van der Waals surface area contributed by atoms with Crippen LogP contribution in [0.3, 0.4) is 0 Å². The highest BCUT2D eigenvalue weighted by molar-refractivity contribution is 7.14. The van der Waals surface area contributed by atoms with Gasteiger partial charge in [0.2, 0.25) is 0 Å². The minimum Gasteiger partial charge on any atom is -0.370 e. The number of hydrogen-bond donors (Lipinski definition) is 1. The van der Waals surface area contributed by atoms with Gasteiger partial charge in [0.1, 0.15) is 5.82 Å². The number of nitrogens with zero attached hydrogens (tertiary/aromatic N) is 2. The van der Waals surface area contributed by atoms with Gasteiger partial charge in [-0.2, -0.15) is 0 Å². The van der Waals surface area contributed by atoms with Gasteiger partial charge >= 0.3 is 0 Å². The second kappa shape index (κ2) is 5.47. The fourth-order valence-electron chi connectivity index (χ4n) is 1.94. The van der Waals surface area contributed by atoms with Crippen molar-refractivity contribution in [3.8, 4) is 10.7 Å². The van der Waals surface area contributed by atoms with Crippen LogP contribution in [0.15, 0.2) is 17.5 Å². The normalized spacial score (nSPS) is 14.6. The van der Waals surface area contributed by atoms with Gasteiger partial charge in [-0.15, -0.1) is 11.3 Å². The predicted octanol–water partition coefficient (Wildman–Crippen LogP) is 4.56. The van der Waals surface area contributed by atoms with Gasteiger partial charge in [0.25, 0.3) is 0 Å². The van der Waals surface area contributed by atoms with Crippen molar-refractivity contribution in [2.45, 2.75) is 32.1 Å². The first-order valence-corrected chi connectivity index (χ1v) is 7.89. The van der Waals surface area contributed by atoms with E-state index in [9.17, 15) is 0 Å². The van der Waals surface area contributed by atoms with Crippen LogP contribution in [0.25, 0.3) is 10.7 Å². The highest BCUT2D eigenvalue weighted by Gasteiger charge is 2.26. The van der Waals surface area contributed by atoms with Crippen LogP contribution in [0, 0.1) is 0 Å². The van der Waals surface area contributed by atoms with E-state index in [0.717, 1.165) is 40.2 Å². The van der Waals surface area contributed by atoms with E-state index in [4.69, 9.17) is 11.6 Å². The minimum absolute atomic E-state index is 0.624. The lowest BCUT2D eigenvalue weighted by molar-refractivity contribution is 0.949. The maximum Gasteiger partial charge on any atom is 0.171 e. The third-order valence-electron chi connectivity index (χ3n) is 3.09. The van der Waals surface area contributed by atoms with Gasteiger partial charge in [-0.3, -0.25) is 0 Å². The van der Waals surface area contributed by atoms with Crippen molar-refractivity contribution in [1.29, 1.82) is 0 Å². The molecule has 3 rings (SSSR count). The summed E-state index contributed by atoms with van der Waals surface area (Å²) in [5, 5.41) is 6.03. The average molecular weight is 294 g/mol. The topological polar surface area (TPSA) is 37.8 Å². The number of nitrogens with one attached hydrogen (secondary N) is 1. The summed E-state index contributed by atoms with van der Waals surface area (Å²) in [6.45, 7) is 3.09. The Labute approximate surface area is 122 Å². The zero-order chi connectivity index (χ0) is 13.2. The van der Waals surface area contributed by atoms with E-state index in [2.05, 4.69) is 28.3 Å². The molecule has 0 aliphatic heterocycles. The van der Waals surface area contributed by atoms with Crippen molar-refractivity contribution in [3.05, 3.63) is 28.2 Å². The molecule has 1 N–H and O–H groups in total. The smallest absolute Gasteiger partial charge is 0.171 e. The molecule has 3 nitrogen and oxygen atoms in total. The van der Waals surface area contributed by atoms with Crippen LogP contribution in [0.5, 0.6) is 0 Å². The summed E-state index contributed by atoms with van der Waals surface area (Å²) in [4.78, 5) is 10.3. The lowest BCUT2D eigenvalue weighted by atomic mass is 10.2. The molecule has 0 spiro atoms. The molecule has 0 aromatic carbocycles. The van der Waals surface area contributed by atoms with Crippen LogP contribution >= 0.6 is 22.9 Å². The first kappa shape index (κ1) is 12.9. The molecule has 2 heterocycles. The first-order chi connectivity index (χ1) is 9.26. The molecule has 0 unspecified atom stereocenters. The summed E-state index contributed by atoms with van der Waals surface area (Å²) in [5.74, 6) is 2.34. The Balaban J connectivity index is 1.95. The molecule has 0 amide bonds. The van der Waals surface area contributed by atoms with Crippen LogP contribution in [-0.4, -0.2) is 16.5 Å². The molecule has 2 aromatic heterocycles. The van der Waals surface area contributed by atoms with Gasteiger partial charge in [0.05, 0.1) is 9.90 Å². The predicted molar refractivity (Wildman–Crippen MR) is 81.1 cm³/mol. The van der Waals surface area contributed by atoms with Crippen LogP contribution in [-0.2, 0) is 0 Å². The lowest BCUT2D eigenvalue weighted by Gasteiger charge is -2.08. The van der Waals surface area contributed by atoms with Crippen LogP contribution in [0.2, 0.25) is 5.02 Å². The number of rotatable bonds is 5. The van der Waals surface area contributed by atoms with Gasteiger partial charge in [0, 0.05) is 29.6 Å². The summed E-state index contributed by atoms with van der Waals surface area (Å²) < 4.78 is 0. The van der Waals surface area contributed by atoms with Crippen LogP contribution < -0.4 is 5.32 Å². The van der Waals surface area contributed by atoms with E-state index in [0.29, 0.717) is 5.92 Å². The maximum atomic E-state index is 5.99. The van der Waals surface area contributed by atoms with Crippen molar-refractivity contribution in [2.75, 3.05) is 11.9 Å². The molecule has 1 aliphatic carbocycles. The van der Waals surface area contributed by atoms with Gasteiger partial charge in [-0.05, 0) is 25.3 Å². The Bertz CT molecular complexity index is 578. The van der Waals surface area contributed by atoms with Gasteiger partial charge < -0.3 is 5.32 Å². The molecular formula is C14H16ClN3S. The second-order valence-electron chi connectivity index (χ2n) is 4.83. The number of thiophene rings is 1. The van der Waals surface area contributed by atoms with Crippen molar-refractivity contribution in [2.24, 2.45) is 0 Å². The highest BCUT2D eigenvalue weighted by atomic mass is 35.5. The third-order valence-corrected chi connectivity index (χ3v) is 4.36. The Hall–Kier alpha value is -1.13. The molecule has 5 heteroatoms. The van der Waals surface area contributed by atoms with E-state index in [-0.39, 0.29) is 0 Å². The third kappa shape index (κ3) is 3.07. The van der Waals surface area contributed by atoms with Gasteiger partial charge in [-0.25, -0.2) is 9.97 Å². The molecule has 0 atom stereocenters.